The number of likely N-dealkylation sites (tertiary alicyclic amines) is 1. The smallest absolute Gasteiger partial charge is 0.291 e. The Hall–Kier alpha value is -4.07. The van der Waals surface area contributed by atoms with Crippen molar-refractivity contribution in [2.75, 3.05) is 59.2 Å². The Labute approximate surface area is 258 Å². The van der Waals surface area contributed by atoms with Gasteiger partial charge < -0.3 is 34.0 Å². The van der Waals surface area contributed by atoms with E-state index in [4.69, 9.17) is 16.3 Å². The quantitative estimate of drug-likeness (QED) is 0.404. The molecule has 2 aromatic carbocycles. The molecule has 0 unspecified atom stereocenters. The molecule has 0 radical (unpaired) electrons. The zero-order chi connectivity index (χ0) is 31.9. The largest absolute Gasteiger partial charge is 0.494 e. The van der Waals surface area contributed by atoms with E-state index >= 15 is 0 Å². The van der Waals surface area contributed by atoms with Crippen LogP contribution in [-0.4, -0.2) is 113 Å². The monoisotopic (exact) mass is 631 g/mol. The van der Waals surface area contributed by atoms with Gasteiger partial charge in [-0.2, -0.15) is 4.39 Å². The van der Waals surface area contributed by atoms with Gasteiger partial charge in [0.2, 0.25) is 5.82 Å². The van der Waals surface area contributed by atoms with Gasteiger partial charge in [-0.15, -0.1) is 0 Å². The minimum atomic E-state index is -1.15. The number of amides is 3. The maximum atomic E-state index is 14.6. The number of carbonyl (C=O) groups is 3. The fraction of sp³-hybridized carbons (Fsp3) is 0.400. The molecule has 2 N–H and O–H groups in total. The second-order valence-corrected chi connectivity index (χ2v) is 11.9. The average Bonchev–Trinajstić information content (AvgIpc) is 3.51. The van der Waals surface area contributed by atoms with Gasteiger partial charge in [-0.25, -0.2) is 9.37 Å². The SMILES string of the molecule is COc1ccc(-c2cnc(C(=O)Nc3ccc(C(=O)N4CCN(C(=O)[C@@H]5[C@H](O)CC[N+]5(C)C)CC4)c(Cl)c3)n2C)c(F)c1F. The number of likely N-dealkylation sites (N-methyl/N-ethyl adjacent to an activating group) is 1. The molecule has 2 fully saturated rings. The maximum Gasteiger partial charge on any atom is 0.291 e. The van der Waals surface area contributed by atoms with Gasteiger partial charge in [0, 0.05) is 50.9 Å². The summed E-state index contributed by atoms with van der Waals surface area (Å²) in [6.07, 6.45) is 1.15. The Bertz CT molecular complexity index is 1620. The Morgan fingerprint density at radius 3 is 2.36 bits per heavy atom. The van der Waals surface area contributed by atoms with Crippen LogP contribution < -0.4 is 10.1 Å². The van der Waals surface area contributed by atoms with E-state index in [1.165, 1.54) is 55.3 Å². The average molecular weight is 632 g/mol. The molecule has 0 aliphatic carbocycles. The summed E-state index contributed by atoms with van der Waals surface area (Å²) in [5.41, 5.74) is 0.628. The van der Waals surface area contributed by atoms with Gasteiger partial charge in [0.15, 0.2) is 23.4 Å². The Kier molecular flexibility index (Phi) is 8.65. The molecular weight excluding hydrogens is 598 g/mol. The van der Waals surface area contributed by atoms with Crippen LogP contribution >= 0.6 is 11.6 Å². The standard InChI is InChI=1S/C30H33ClF2N6O5/c1-36-21(19-7-8-23(44-4)25(33)24(19)32)16-34-27(36)28(41)35-17-5-6-18(20(31)15-17)29(42)37-10-12-38(13-11-37)30(43)26-22(40)9-14-39(26,2)3/h5-8,15-16,22,26,40H,9-14H2,1-4H3/p+1/t22-,26+/m1/s1. The highest BCUT2D eigenvalue weighted by Gasteiger charge is 2.48. The number of nitrogens with one attached hydrogen (secondary N) is 1. The summed E-state index contributed by atoms with van der Waals surface area (Å²) >= 11 is 6.46. The molecule has 0 saturated carbocycles. The van der Waals surface area contributed by atoms with Gasteiger partial charge in [0.25, 0.3) is 17.7 Å². The van der Waals surface area contributed by atoms with Crippen LogP contribution in [0.15, 0.2) is 36.5 Å². The van der Waals surface area contributed by atoms with E-state index in [1.807, 2.05) is 14.1 Å². The van der Waals surface area contributed by atoms with E-state index < -0.39 is 29.7 Å². The number of hydrogen-bond donors (Lipinski definition) is 2. The molecule has 2 saturated heterocycles. The van der Waals surface area contributed by atoms with Crippen molar-refractivity contribution in [3.8, 4) is 17.0 Å². The molecule has 2 atom stereocenters. The van der Waals surface area contributed by atoms with Crippen LogP contribution in [0.25, 0.3) is 11.3 Å². The highest BCUT2D eigenvalue weighted by molar-refractivity contribution is 6.34. The Balaban J connectivity index is 1.23. The number of quaternary nitrogens is 1. The molecule has 3 aromatic rings. The highest BCUT2D eigenvalue weighted by Crippen LogP contribution is 2.31. The fourth-order valence-electron chi connectivity index (χ4n) is 5.89. The summed E-state index contributed by atoms with van der Waals surface area (Å²) in [4.78, 5) is 46.8. The summed E-state index contributed by atoms with van der Waals surface area (Å²) in [6, 6.07) is 6.58. The minimum Gasteiger partial charge on any atom is -0.494 e. The number of imidazole rings is 1. The Morgan fingerprint density at radius 2 is 1.75 bits per heavy atom. The summed E-state index contributed by atoms with van der Waals surface area (Å²) in [5, 5.41) is 13.2. The lowest BCUT2D eigenvalue weighted by atomic mass is 10.1. The van der Waals surface area contributed by atoms with E-state index in [1.54, 1.807) is 9.80 Å². The number of methoxy groups -OCH3 is 1. The summed E-state index contributed by atoms with van der Waals surface area (Å²) in [7, 11) is 6.60. The molecule has 1 aromatic heterocycles. The molecule has 11 nitrogen and oxygen atoms in total. The minimum absolute atomic E-state index is 0.0633. The van der Waals surface area contributed by atoms with Crippen LogP contribution in [0.3, 0.4) is 0 Å². The number of anilines is 1. The van der Waals surface area contributed by atoms with Crippen molar-refractivity contribution in [2.45, 2.75) is 18.6 Å². The van der Waals surface area contributed by atoms with Crippen LogP contribution in [0, 0.1) is 11.6 Å². The molecule has 2 aliphatic rings. The fourth-order valence-corrected chi connectivity index (χ4v) is 6.15. The number of carbonyl (C=O) groups excluding carboxylic acids is 3. The highest BCUT2D eigenvalue weighted by atomic mass is 35.5. The second kappa shape index (κ2) is 12.1. The Morgan fingerprint density at radius 1 is 1.07 bits per heavy atom. The third-order valence-electron chi connectivity index (χ3n) is 8.44. The van der Waals surface area contributed by atoms with Gasteiger partial charge >= 0.3 is 0 Å². The first-order valence-electron chi connectivity index (χ1n) is 14.1. The number of nitrogens with zero attached hydrogens (tertiary/aromatic N) is 5. The summed E-state index contributed by atoms with van der Waals surface area (Å²) < 4.78 is 35.5. The van der Waals surface area contributed by atoms with Crippen molar-refractivity contribution >= 4 is 35.0 Å². The van der Waals surface area contributed by atoms with Crippen molar-refractivity contribution in [1.82, 2.24) is 19.4 Å². The second-order valence-electron chi connectivity index (χ2n) is 11.5. The number of aliphatic hydroxyl groups is 1. The molecular formula is C30H34ClF2N6O5+. The predicted octanol–water partition coefficient (Wildman–Crippen LogP) is 2.77. The molecule has 2 aliphatic heterocycles. The molecule has 234 valence electrons. The predicted molar refractivity (Wildman–Crippen MR) is 158 cm³/mol. The van der Waals surface area contributed by atoms with E-state index in [0.29, 0.717) is 42.8 Å². The summed E-state index contributed by atoms with van der Waals surface area (Å²) in [5.74, 6) is -3.62. The van der Waals surface area contributed by atoms with Crippen molar-refractivity contribution in [1.29, 1.82) is 0 Å². The number of aromatic nitrogens is 2. The van der Waals surface area contributed by atoms with E-state index in [2.05, 4.69) is 10.3 Å². The zero-order valence-electron chi connectivity index (χ0n) is 24.8. The van der Waals surface area contributed by atoms with E-state index in [9.17, 15) is 28.3 Å². The van der Waals surface area contributed by atoms with Crippen molar-refractivity contribution in [3.63, 3.8) is 0 Å². The molecule has 3 heterocycles. The molecule has 5 rings (SSSR count). The van der Waals surface area contributed by atoms with Gasteiger partial charge in [0.05, 0.1) is 50.2 Å². The van der Waals surface area contributed by atoms with E-state index in [-0.39, 0.29) is 45.2 Å². The van der Waals surface area contributed by atoms with Gasteiger partial charge in [-0.05, 0) is 30.3 Å². The molecule has 0 spiro atoms. The maximum absolute atomic E-state index is 14.6. The van der Waals surface area contributed by atoms with E-state index in [0.717, 1.165) is 6.54 Å². The number of benzene rings is 2. The van der Waals surface area contributed by atoms with Crippen molar-refractivity contribution in [2.24, 2.45) is 7.05 Å². The van der Waals surface area contributed by atoms with Crippen LogP contribution in [0.5, 0.6) is 5.75 Å². The number of ether oxygens (including phenoxy) is 1. The number of halogens is 3. The van der Waals surface area contributed by atoms with Crippen LogP contribution in [0.4, 0.5) is 14.5 Å². The molecule has 0 bridgehead atoms. The topological polar surface area (TPSA) is 117 Å². The first-order chi connectivity index (χ1) is 20.8. The third-order valence-corrected chi connectivity index (χ3v) is 8.75. The number of rotatable bonds is 6. The third kappa shape index (κ3) is 5.74. The summed E-state index contributed by atoms with van der Waals surface area (Å²) in [6.45, 7) is 2.04. The van der Waals surface area contributed by atoms with Crippen molar-refractivity contribution in [3.05, 3.63) is 64.6 Å². The van der Waals surface area contributed by atoms with Crippen LogP contribution in [0.2, 0.25) is 5.02 Å². The van der Waals surface area contributed by atoms with Crippen molar-refractivity contribution < 1.29 is 37.5 Å². The number of piperazine rings is 1. The number of aliphatic hydroxyl groups excluding tert-OH is 1. The molecule has 3 amide bonds. The lowest BCUT2D eigenvalue weighted by Crippen LogP contribution is -2.60. The van der Waals surface area contributed by atoms with Gasteiger partial charge in [-0.1, -0.05) is 11.6 Å². The van der Waals surface area contributed by atoms with Crippen LogP contribution in [-0.2, 0) is 11.8 Å². The zero-order valence-corrected chi connectivity index (χ0v) is 25.6. The molecule has 14 heteroatoms. The van der Waals surface area contributed by atoms with Gasteiger partial charge in [0.1, 0.15) is 6.10 Å². The first kappa shape index (κ1) is 31.4. The van der Waals surface area contributed by atoms with Gasteiger partial charge in [-0.3, -0.25) is 14.4 Å². The number of hydrogen-bond acceptors (Lipinski definition) is 6. The normalized spacial score (nSPS) is 19.6. The van der Waals surface area contributed by atoms with Crippen LogP contribution in [0.1, 0.15) is 27.4 Å². The lowest BCUT2D eigenvalue weighted by molar-refractivity contribution is -0.895. The lowest BCUT2D eigenvalue weighted by Gasteiger charge is -2.39. The first-order valence-corrected chi connectivity index (χ1v) is 14.5. The molecule has 44 heavy (non-hydrogen) atoms.